The van der Waals surface area contributed by atoms with Gasteiger partial charge in [-0.25, -0.2) is 0 Å². The van der Waals surface area contributed by atoms with E-state index in [1.807, 2.05) is 24.3 Å². The molecule has 0 spiro atoms. The summed E-state index contributed by atoms with van der Waals surface area (Å²) in [6, 6.07) is 18.0. The van der Waals surface area contributed by atoms with Crippen molar-refractivity contribution in [2.24, 2.45) is 0 Å². The number of aliphatic hydroxyl groups is 1. The Kier molecular flexibility index (Phi) is 7.05. The molecule has 0 saturated carbocycles. The third-order valence-corrected chi connectivity index (χ3v) is 2.64. The molecule has 0 aliphatic carbocycles. The van der Waals surface area contributed by atoms with Crippen LogP contribution in [0.25, 0.3) is 0 Å². The standard InChI is InChI=1S/C15H12O2.C3H8O/c16-11-14(12-7-3-1-4-8-12)15(17)13-9-5-2-6-10-13;1-3(2)4/h1-11,14H;3-4H,1-2H3. The van der Waals surface area contributed by atoms with Crippen LogP contribution in [-0.4, -0.2) is 23.3 Å². The zero-order valence-electron chi connectivity index (χ0n) is 12.3. The summed E-state index contributed by atoms with van der Waals surface area (Å²) in [7, 11) is 0. The zero-order chi connectivity index (χ0) is 15.7. The van der Waals surface area contributed by atoms with Gasteiger partial charge in [-0.15, -0.1) is 0 Å². The number of rotatable bonds is 4. The molecule has 21 heavy (non-hydrogen) atoms. The van der Waals surface area contributed by atoms with E-state index in [2.05, 4.69) is 0 Å². The minimum Gasteiger partial charge on any atom is -0.394 e. The molecule has 2 aromatic rings. The summed E-state index contributed by atoms with van der Waals surface area (Å²) < 4.78 is 0. The molecule has 1 unspecified atom stereocenters. The van der Waals surface area contributed by atoms with Crippen LogP contribution in [0.1, 0.15) is 35.7 Å². The molecule has 3 nitrogen and oxygen atoms in total. The Morgan fingerprint density at radius 3 is 1.81 bits per heavy atom. The molecule has 0 amide bonds. The second-order valence-electron chi connectivity index (χ2n) is 4.85. The molecule has 3 heteroatoms. The maximum Gasteiger partial charge on any atom is 0.177 e. The minimum absolute atomic E-state index is 0.160. The number of aliphatic hydroxyl groups excluding tert-OH is 1. The zero-order valence-corrected chi connectivity index (χ0v) is 12.3. The van der Waals surface area contributed by atoms with Crippen LogP contribution in [-0.2, 0) is 4.79 Å². The van der Waals surface area contributed by atoms with Crippen LogP contribution in [0.5, 0.6) is 0 Å². The highest BCUT2D eigenvalue weighted by Gasteiger charge is 2.20. The number of benzene rings is 2. The van der Waals surface area contributed by atoms with Crippen molar-refractivity contribution in [2.45, 2.75) is 25.9 Å². The van der Waals surface area contributed by atoms with Crippen LogP contribution in [0, 0.1) is 0 Å². The topological polar surface area (TPSA) is 54.4 Å². The van der Waals surface area contributed by atoms with E-state index in [1.54, 1.807) is 50.2 Å². The first-order valence-corrected chi connectivity index (χ1v) is 6.83. The van der Waals surface area contributed by atoms with Crippen LogP contribution < -0.4 is 0 Å². The lowest BCUT2D eigenvalue weighted by atomic mass is 9.92. The van der Waals surface area contributed by atoms with Crippen molar-refractivity contribution in [3.05, 3.63) is 71.8 Å². The van der Waals surface area contributed by atoms with Gasteiger partial charge in [0.15, 0.2) is 5.78 Å². The number of Topliss-reactive ketones (excluding diaryl/α,β-unsaturated/α-hetero) is 1. The van der Waals surface area contributed by atoms with Crippen LogP contribution >= 0.6 is 0 Å². The fourth-order valence-corrected chi connectivity index (χ4v) is 1.73. The van der Waals surface area contributed by atoms with Gasteiger partial charge in [0.1, 0.15) is 12.2 Å². The van der Waals surface area contributed by atoms with Gasteiger partial charge in [0, 0.05) is 11.7 Å². The van der Waals surface area contributed by atoms with E-state index in [-0.39, 0.29) is 11.9 Å². The molecule has 0 aromatic heterocycles. The molecule has 0 heterocycles. The molecular formula is C18H20O3. The van der Waals surface area contributed by atoms with E-state index >= 15 is 0 Å². The summed E-state index contributed by atoms with van der Waals surface area (Å²) >= 11 is 0. The third kappa shape index (κ3) is 5.71. The van der Waals surface area contributed by atoms with Crippen molar-refractivity contribution in [3.8, 4) is 0 Å². The van der Waals surface area contributed by atoms with Crippen molar-refractivity contribution in [3.63, 3.8) is 0 Å². The molecule has 110 valence electrons. The quantitative estimate of drug-likeness (QED) is 0.533. The molecule has 0 radical (unpaired) electrons. The van der Waals surface area contributed by atoms with E-state index in [4.69, 9.17) is 5.11 Å². The van der Waals surface area contributed by atoms with Crippen LogP contribution in [0.2, 0.25) is 0 Å². The Morgan fingerprint density at radius 1 is 0.952 bits per heavy atom. The van der Waals surface area contributed by atoms with Gasteiger partial charge < -0.3 is 9.90 Å². The predicted octanol–water partition coefficient (Wildman–Crippen LogP) is 3.24. The minimum atomic E-state index is -0.710. The van der Waals surface area contributed by atoms with E-state index in [0.29, 0.717) is 11.8 Å². The number of carbonyl (C=O) groups is 2. The Bertz CT molecular complexity index is 544. The lowest BCUT2D eigenvalue weighted by Crippen LogP contribution is -2.14. The molecule has 0 aliphatic heterocycles. The second-order valence-corrected chi connectivity index (χ2v) is 4.85. The van der Waals surface area contributed by atoms with Gasteiger partial charge in [-0.1, -0.05) is 60.7 Å². The summed E-state index contributed by atoms with van der Waals surface area (Å²) in [5.74, 6) is -0.870. The van der Waals surface area contributed by atoms with E-state index < -0.39 is 5.92 Å². The van der Waals surface area contributed by atoms with Crippen LogP contribution in [0.3, 0.4) is 0 Å². The maximum absolute atomic E-state index is 12.1. The average molecular weight is 284 g/mol. The number of hydrogen-bond donors (Lipinski definition) is 1. The molecular weight excluding hydrogens is 264 g/mol. The van der Waals surface area contributed by atoms with Gasteiger partial charge in [-0.2, -0.15) is 0 Å². The van der Waals surface area contributed by atoms with Crippen molar-refractivity contribution < 1.29 is 14.7 Å². The normalized spacial score (nSPS) is 11.2. The SMILES string of the molecule is CC(C)O.O=CC(C(=O)c1ccccc1)c1ccccc1. The van der Waals surface area contributed by atoms with Gasteiger partial charge in [-0.05, 0) is 19.4 Å². The van der Waals surface area contributed by atoms with Crippen molar-refractivity contribution >= 4 is 12.1 Å². The molecule has 0 fully saturated rings. The van der Waals surface area contributed by atoms with Crippen molar-refractivity contribution in [1.82, 2.24) is 0 Å². The lowest BCUT2D eigenvalue weighted by molar-refractivity contribution is -0.108. The lowest BCUT2D eigenvalue weighted by Gasteiger charge is -2.09. The highest BCUT2D eigenvalue weighted by Crippen LogP contribution is 2.18. The molecule has 0 saturated heterocycles. The number of ketones is 1. The van der Waals surface area contributed by atoms with Crippen LogP contribution in [0.15, 0.2) is 60.7 Å². The Labute approximate surface area is 125 Å². The third-order valence-electron chi connectivity index (χ3n) is 2.64. The molecule has 2 rings (SSSR count). The highest BCUT2D eigenvalue weighted by atomic mass is 16.3. The molecule has 0 aliphatic rings. The Balaban J connectivity index is 0.000000491. The monoisotopic (exact) mass is 284 g/mol. The van der Waals surface area contributed by atoms with Crippen molar-refractivity contribution in [1.29, 1.82) is 0 Å². The van der Waals surface area contributed by atoms with Gasteiger partial charge in [0.25, 0.3) is 0 Å². The Morgan fingerprint density at radius 2 is 1.38 bits per heavy atom. The Hall–Kier alpha value is -2.26. The summed E-state index contributed by atoms with van der Waals surface area (Å²) in [6.45, 7) is 3.44. The fraction of sp³-hybridized carbons (Fsp3) is 0.222. The fourth-order valence-electron chi connectivity index (χ4n) is 1.73. The van der Waals surface area contributed by atoms with Gasteiger partial charge >= 0.3 is 0 Å². The highest BCUT2D eigenvalue weighted by molar-refractivity contribution is 6.09. The van der Waals surface area contributed by atoms with Crippen molar-refractivity contribution in [2.75, 3.05) is 0 Å². The summed E-state index contributed by atoms with van der Waals surface area (Å²) in [6.07, 6.45) is 0.532. The second kappa shape index (κ2) is 8.82. The van der Waals surface area contributed by atoms with Gasteiger partial charge in [0.2, 0.25) is 0 Å². The van der Waals surface area contributed by atoms with E-state index in [0.717, 1.165) is 5.56 Å². The maximum atomic E-state index is 12.1. The number of hydrogen-bond acceptors (Lipinski definition) is 3. The molecule has 0 bridgehead atoms. The van der Waals surface area contributed by atoms with Gasteiger partial charge in [0.05, 0.1) is 0 Å². The predicted molar refractivity (Wildman–Crippen MR) is 83.4 cm³/mol. The molecule has 2 aromatic carbocycles. The van der Waals surface area contributed by atoms with E-state index in [1.165, 1.54) is 0 Å². The molecule has 1 N–H and O–H groups in total. The van der Waals surface area contributed by atoms with E-state index in [9.17, 15) is 9.59 Å². The molecule has 1 atom stereocenters. The van der Waals surface area contributed by atoms with Crippen LogP contribution in [0.4, 0.5) is 0 Å². The van der Waals surface area contributed by atoms with Gasteiger partial charge in [-0.3, -0.25) is 4.79 Å². The first-order valence-electron chi connectivity index (χ1n) is 6.83. The smallest absolute Gasteiger partial charge is 0.177 e. The number of carbonyl (C=O) groups excluding carboxylic acids is 2. The first-order chi connectivity index (χ1) is 10.1. The average Bonchev–Trinajstić information content (AvgIpc) is 2.49. The summed E-state index contributed by atoms with van der Waals surface area (Å²) in [5, 5.41) is 8.06. The summed E-state index contributed by atoms with van der Waals surface area (Å²) in [5.41, 5.74) is 1.30. The first kappa shape index (κ1) is 16.8. The largest absolute Gasteiger partial charge is 0.394 e. The summed E-state index contributed by atoms with van der Waals surface area (Å²) in [4.78, 5) is 23.2. The number of aldehydes is 1.